The van der Waals surface area contributed by atoms with E-state index >= 15 is 0 Å². The maximum Gasteiger partial charge on any atom is 0.200 e. The number of aliphatic hydroxyl groups is 4. The minimum absolute atomic E-state index is 0.00759. The zero-order valence-corrected chi connectivity index (χ0v) is 12.1. The summed E-state index contributed by atoms with van der Waals surface area (Å²) in [6.07, 6.45) is -6.57. The molecule has 1 aromatic rings. The van der Waals surface area contributed by atoms with Crippen LogP contribution in [0.4, 0.5) is 0 Å². The van der Waals surface area contributed by atoms with Crippen LogP contribution in [0.15, 0.2) is 12.1 Å². The minimum Gasteiger partial charge on any atom is -0.504 e. The summed E-state index contributed by atoms with van der Waals surface area (Å²) in [4.78, 5) is 0. The SMILES string of the molecule is OC[C@H]1O[C@@H](OCCc2cc(O)c(O)c(O)c2)[C@H](O)[C@@H](O)[C@H]1O. The van der Waals surface area contributed by atoms with Crippen molar-refractivity contribution in [1.82, 2.24) is 0 Å². The fourth-order valence-electron chi connectivity index (χ4n) is 2.30. The van der Waals surface area contributed by atoms with Crippen molar-refractivity contribution in [2.45, 2.75) is 37.1 Å². The van der Waals surface area contributed by atoms with Gasteiger partial charge in [-0.2, -0.15) is 0 Å². The second kappa shape index (κ2) is 7.30. The van der Waals surface area contributed by atoms with E-state index in [1.54, 1.807) is 0 Å². The lowest BCUT2D eigenvalue weighted by molar-refractivity contribution is -0.300. The molecule has 1 heterocycles. The van der Waals surface area contributed by atoms with Gasteiger partial charge in [0.2, 0.25) is 0 Å². The Labute approximate surface area is 131 Å². The van der Waals surface area contributed by atoms with E-state index in [0.717, 1.165) is 0 Å². The maximum atomic E-state index is 9.79. The summed E-state index contributed by atoms with van der Waals surface area (Å²) in [6.45, 7) is -0.559. The zero-order valence-electron chi connectivity index (χ0n) is 12.1. The van der Waals surface area contributed by atoms with Crippen LogP contribution < -0.4 is 0 Å². The van der Waals surface area contributed by atoms with Crippen molar-refractivity contribution in [3.05, 3.63) is 17.7 Å². The molecule has 0 aliphatic carbocycles. The van der Waals surface area contributed by atoms with Crippen LogP contribution >= 0.6 is 0 Å². The molecule has 1 aliphatic heterocycles. The number of benzene rings is 1. The molecular weight excluding hydrogens is 312 g/mol. The van der Waals surface area contributed by atoms with Gasteiger partial charge in [0.05, 0.1) is 13.2 Å². The summed E-state index contributed by atoms with van der Waals surface area (Å²) in [5, 5.41) is 66.1. The Morgan fingerprint density at radius 2 is 1.57 bits per heavy atom. The van der Waals surface area contributed by atoms with Crippen LogP contribution in [-0.4, -0.2) is 79.7 Å². The van der Waals surface area contributed by atoms with Crippen molar-refractivity contribution in [2.24, 2.45) is 0 Å². The van der Waals surface area contributed by atoms with E-state index in [4.69, 9.17) is 14.6 Å². The van der Waals surface area contributed by atoms with Crippen LogP contribution in [0.2, 0.25) is 0 Å². The molecule has 0 amide bonds. The summed E-state index contributed by atoms with van der Waals surface area (Å²) >= 11 is 0. The van der Waals surface area contributed by atoms with Crippen LogP contribution in [0.25, 0.3) is 0 Å². The average molecular weight is 332 g/mol. The standard InChI is InChI=1S/C14H20O9/c15-5-9-11(19)12(20)13(21)14(23-9)22-2-1-6-3-7(16)10(18)8(17)4-6/h3-4,9,11-21H,1-2,5H2/t9-,11+,12+,13-,14-/m1/s1. The molecule has 1 saturated heterocycles. The highest BCUT2D eigenvalue weighted by molar-refractivity contribution is 5.51. The Morgan fingerprint density at radius 1 is 0.957 bits per heavy atom. The topological polar surface area (TPSA) is 160 Å². The minimum atomic E-state index is -1.52. The predicted molar refractivity (Wildman–Crippen MR) is 74.9 cm³/mol. The number of ether oxygens (including phenoxy) is 2. The van der Waals surface area contributed by atoms with Crippen molar-refractivity contribution in [3.8, 4) is 17.2 Å². The number of phenols is 3. The summed E-state index contributed by atoms with van der Waals surface area (Å²) in [6, 6.07) is 2.48. The van der Waals surface area contributed by atoms with Crippen LogP contribution in [0, 0.1) is 0 Å². The van der Waals surface area contributed by atoms with Gasteiger partial charge in [0, 0.05) is 0 Å². The van der Waals surface area contributed by atoms with Gasteiger partial charge in [-0.1, -0.05) is 0 Å². The van der Waals surface area contributed by atoms with Gasteiger partial charge >= 0.3 is 0 Å². The molecule has 9 heteroatoms. The molecule has 5 atom stereocenters. The number of phenolic OH excluding ortho intramolecular Hbond substituents is 3. The van der Waals surface area contributed by atoms with E-state index in [0.29, 0.717) is 5.56 Å². The highest BCUT2D eigenvalue weighted by Crippen LogP contribution is 2.35. The number of rotatable bonds is 5. The Balaban J connectivity index is 1.93. The molecule has 0 unspecified atom stereocenters. The molecule has 130 valence electrons. The molecule has 1 aromatic carbocycles. The summed E-state index contributed by atoms with van der Waals surface area (Å²) in [7, 11) is 0. The molecule has 0 aromatic heterocycles. The maximum absolute atomic E-state index is 9.79. The Bertz CT molecular complexity index is 510. The van der Waals surface area contributed by atoms with Gasteiger partial charge in [-0.15, -0.1) is 0 Å². The Morgan fingerprint density at radius 3 is 2.13 bits per heavy atom. The highest BCUT2D eigenvalue weighted by atomic mass is 16.7. The molecule has 2 rings (SSSR count). The van der Waals surface area contributed by atoms with Crippen LogP contribution in [0.3, 0.4) is 0 Å². The summed E-state index contributed by atoms with van der Waals surface area (Å²) in [5.74, 6) is -1.58. The lowest BCUT2D eigenvalue weighted by Crippen LogP contribution is -2.59. The van der Waals surface area contributed by atoms with Crippen molar-refractivity contribution < 1.29 is 45.2 Å². The third-order valence-electron chi connectivity index (χ3n) is 3.65. The third-order valence-corrected chi connectivity index (χ3v) is 3.65. The third kappa shape index (κ3) is 3.83. The lowest BCUT2D eigenvalue weighted by atomic mass is 9.99. The average Bonchev–Trinajstić information content (AvgIpc) is 2.52. The van der Waals surface area contributed by atoms with E-state index in [9.17, 15) is 30.6 Å². The molecule has 23 heavy (non-hydrogen) atoms. The number of aliphatic hydroxyl groups excluding tert-OH is 4. The lowest BCUT2D eigenvalue weighted by Gasteiger charge is -2.39. The molecule has 0 spiro atoms. The van der Waals surface area contributed by atoms with Crippen molar-refractivity contribution in [2.75, 3.05) is 13.2 Å². The molecule has 1 fully saturated rings. The molecule has 0 saturated carbocycles. The van der Waals surface area contributed by atoms with E-state index in [-0.39, 0.29) is 13.0 Å². The van der Waals surface area contributed by atoms with Gasteiger partial charge in [-0.3, -0.25) is 0 Å². The first-order valence-electron chi connectivity index (χ1n) is 7.01. The summed E-state index contributed by atoms with van der Waals surface area (Å²) < 4.78 is 10.4. The summed E-state index contributed by atoms with van der Waals surface area (Å²) in [5.41, 5.74) is 0.461. The fourth-order valence-corrected chi connectivity index (χ4v) is 2.30. The van der Waals surface area contributed by atoms with Gasteiger partial charge in [-0.05, 0) is 24.1 Å². The fraction of sp³-hybridized carbons (Fsp3) is 0.571. The number of aromatic hydroxyl groups is 3. The van der Waals surface area contributed by atoms with E-state index < -0.39 is 54.6 Å². The highest BCUT2D eigenvalue weighted by Gasteiger charge is 2.43. The molecular formula is C14H20O9. The second-order valence-corrected chi connectivity index (χ2v) is 5.30. The van der Waals surface area contributed by atoms with E-state index in [1.807, 2.05) is 0 Å². The molecule has 7 N–H and O–H groups in total. The first kappa shape index (κ1) is 17.7. The van der Waals surface area contributed by atoms with Crippen molar-refractivity contribution in [3.63, 3.8) is 0 Å². The van der Waals surface area contributed by atoms with Crippen molar-refractivity contribution >= 4 is 0 Å². The van der Waals surface area contributed by atoms with Crippen molar-refractivity contribution in [1.29, 1.82) is 0 Å². The van der Waals surface area contributed by atoms with Gasteiger partial charge in [0.1, 0.15) is 24.4 Å². The first-order chi connectivity index (χ1) is 10.8. The number of hydrogen-bond donors (Lipinski definition) is 7. The van der Waals surface area contributed by atoms with Gasteiger partial charge in [0.25, 0.3) is 0 Å². The molecule has 9 nitrogen and oxygen atoms in total. The Hall–Kier alpha value is -1.62. The normalized spacial score (nSPS) is 31.2. The van der Waals surface area contributed by atoms with Gasteiger partial charge in [0.15, 0.2) is 23.5 Å². The van der Waals surface area contributed by atoms with Gasteiger partial charge < -0.3 is 45.2 Å². The molecule has 1 aliphatic rings. The van der Waals surface area contributed by atoms with Gasteiger partial charge in [-0.25, -0.2) is 0 Å². The predicted octanol–water partition coefficient (Wildman–Crippen LogP) is -1.84. The largest absolute Gasteiger partial charge is 0.504 e. The smallest absolute Gasteiger partial charge is 0.200 e. The number of hydrogen-bond acceptors (Lipinski definition) is 9. The van der Waals surface area contributed by atoms with E-state index in [2.05, 4.69) is 0 Å². The van der Waals surface area contributed by atoms with Crippen LogP contribution in [-0.2, 0) is 15.9 Å². The molecule has 0 radical (unpaired) electrons. The Kier molecular flexibility index (Phi) is 5.63. The zero-order chi connectivity index (χ0) is 17.1. The van der Waals surface area contributed by atoms with Crippen LogP contribution in [0.5, 0.6) is 17.2 Å². The van der Waals surface area contributed by atoms with E-state index in [1.165, 1.54) is 12.1 Å². The second-order valence-electron chi connectivity index (χ2n) is 5.30. The molecule has 0 bridgehead atoms. The monoisotopic (exact) mass is 332 g/mol. The first-order valence-corrected chi connectivity index (χ1v) is 7.01. The van der Waals surface area contributed by atoms with Crippen LogP contribution in [0.1, 0.15) is 5.56 Å². The quantitative estimate of drug-likeness (QED) is 0.307.